The second-order valence-electron chi connectivity index (χ2n) is 6.95. The number of nitrogens with one attached hydrogen (secondary N) is 2. The standard InChI is InChI=1S/C23H24N6O5/c1-4-21(30)28(2)18-7-5-6-17(14-18)25-22-20(29(31)32)15-24-23(27-22)26-16-8-10-19(11-9-16)34-13-12-33-3/h4-11,14-15H,1,12-13H2,2-3H3,(H2,24,25,26,27). The highest BCUT2D eigenvalue weighted by Gasteiger charge is 2.18. The summed E-state index contributed by atoms with van der Waals surface area (Å²) >= 11 is 0. The van der Waals surface area contributed by atoms with Crippen LogP contribution in [0.1, 0.15) is 0 Å². The molecule has 0 atom stereocenters. The number of amides is 1. The molecule has 0 aliphatic carbocycles. The minimum absolute atomic E-state index is 0.00290. The Kier molecular flexibility index (Phi) is 8.08. The van der Waals surface area contributed by atoms with E-state index < -0.39 is 4.92 Å². The summed E-state index contributed by atoms with van der Waals surface area (Å²) in [5.74, 6) is 0.550. The Morgan fingerprint density at radius 1 is 1.18 bits per heavy atom. The molecule has 176 valence electrons. The van der Waals surface area contributed by atoms with Gasteiger partial charge in [-0.15, -0.1) is 0 Å². The van der Waals surface area contributed by atoms with Gasteiger partial charge in [-0.3, -0.25) is 14.9 Å². The number of anilines is 5. The van der Waals surface area contributed by atoms with Crippen LogP contribution >= 0.6 is 0 Å². The van der Waals surface area contributed by atoms with Crippen molar-refractivity contribution in [3.63, 3.8) is 0 Å². The van der Waals surface area contributed by atoms with Crippen molar-refractivity contribution in [3.05, 3.63) is 77.5 Å². The third-order valence-corrected chi connectivity index (χ3v) is 4.63. The van der Waals surface area contributed by atoms with Crippen molar-refractivity contribution in [3.8, 4) is 5.75 Å². The Balaban J connectivity index is 1.80. The van der Waals surface area contributed by atoms with Crippen LogP contribution in [-0.2, 0) is 9.53 Å². The summed E-state index contributed by atoms with van der Waals surface area (Å²) in [4.78, 5) is 32.5. The van der Waals surface area contributed by atoms with E-state index in [9.17, 15) is 14.9 Å². The van der Waals surface area contributed by atoms with Crippen LogP contribution in [0.3, 0.4) is 0 Å². The molecule has 0 saturated heterocycles. The highest BCUT2D eigenvalue weighted by molar-refractivity contribution is 6.00. The Labute approximate surface area is 196 Å². The molecule has 34 heavy (non-hydrogen) atoms. The monoisotopic (exact) mass is 464 g/mol. The zero-order chi connectivity index (χ0) is 24.5. The summed E-state index contributed by atoms with van der Waals surface area (Å²) in [5, 5.41) is 17.5. The van der Waals surface area contributed by atoms with Gasteiger partial charge in [-0.1, -0.05) is 12.6 Å². The fourth-order valence-corrected chi connectivity index (χ4v) is 2.86. The predicted octanol–water partition coefficient (Wildman–Crippen LogP) is 4.05. The Bertz CT molecular complexity index is 1170. The molecule has 0 unspecified atom stereocenters. The van der Waals surface area contributed by atoms with Crippen LogP contribution < -0.4 is 20.3 Å². The molecule has 0 saturated carbocycles. The van der Waals surface area contributed by atoms with Gasteiger partial charge in [0.1, 0.15) is 18.6 Å². The van der Waals surface area contributed by atoms with E-state index in [1.165, 1.54) is 11.0 Å². The van der Waals surface area contributed by atoms with Gasteiger partial charge in [-0.2, -0.15) is 4.98 Å². The van der Waals surface area contributed by atoms with Gasteiger partial charge in [0.25, 0.3) is 0 Å². The molecule has 1 aromatic heterocycles. The van der Waals surface area contributed by atoms with E-state index >= 15 is 0 Å². The first-order chi connectivity index (χ1) is 16.4. The van der Waals surface area contributed by atoms with Crippen LogP contribution in [0, 0.1) is 10.1 Å². The van der Waals surface area contributed by atoms with E-state index in [2.05, 4.69) is 27.2 Å². The van der Waals surface area contributed by atoms with Crippen molar-refractivity contribution in [2.24, 2.45) is 0 Å². The van der Waals surface area contributed by atoms with Crippen molar-refractivity contribution < 1.29 is 19.2 Å². The average Bonchev–Trinajstić information content (AvgIpc) is 2.84. The molecule has 3 aromatic rings. The lowest BCUT2D eigenvalue weighted by molar-refractivity contribution is -0.384. The largest absolute Gasteiger partial charge is 0.491 e. The maximum Gasteiger partial charge on any atom is 0.329 e. The number of likely N-dealkylation sites (N-methyl/N-ethyl adjacent to an activating group) is 1. The van der Waals surface area contributed by atoms with Gasteiger partial charge in [-0.05, 0) is 48.5 Å². The van der Waals surface area contributed by atoms with E-state index in [0.29, 0.717) is 36.0 Å². The smallest absolute Gasteiger partial charge is 0.329 e. The molecule has 0 aliphatic heterocycles. The summed E-state index contributed by atoms with van der Waals surface area (Å²) in [6, 6.07) is 13.9. The van der Waals surface area contributed by atoms with Crippen LogP contribution in [0.4, 0.5) is 34.5 Å². The van der Waals surface area contributed by atoms with Gasteiger partial charge in [-0.25, -0.2) is 4.98 Å². The minimum atomic E-state index is -0.574. The zero-order valence-electron chi connectivity index (χ0n) is 18.7. The van der Waals surface area contributed by atoms with Crippen molar-refractivity contribution in [1.29, 1.82) is 0 Å². The number of carbonyl (C=O) groups excluding carboxylic acids is 1. The molecule has 11 nitrogen and oxygen atoms in total. The molecule has 0 bridgehead atoms. The highest BCUT2D eigenvalue weighted by Crippen LogP contribution is 2.29. The predicted molar refractivity (Wildman–Crippen MR) is 129 cm³/mol. The molecule has 0 fully saturated rings. The first kappa shape index (κ1) is 24.1. The number of nitro groups is 1. The number of aromatic nitrogens is 2. The molecule has 2 aromatic carbocycles. The first-order valence-electron chi connectivity index (χ1n) is 10.2. The summed E-state index contributed by atoms with van der Waals surface area (Å²) in [5.41, 5.74) is 1.46. The molecule has 1 amide bonds. The van der Waals surface area contributed by atoms with Crippen LogP contribution in [0.5, 0.6) is 5.75 Å². The summed E-state index contributed by atoms with van der Waals surface area (Å²) in [6.45, 7) is 4.39. The molecular formula is C23H24N6O5. The minimum Gasteiger partial charge on any atom is -0.491 e. The topological polar surface area (TPSA) is 132 Å². The van der Waals surface area contributed by atoms with Gasteiger partial charge in [0, 0.05) is 31.2 Å². The van der Waals surface area contributed by atoms with Crippen molar-refractivity contribution in [2.75, 3.05) is 42.9 Å². The maximum atomic E-state index is 11.9. The number of benzene rings is 2. The lowest BCUT2D eigenvalue weighted by Crippen LogP contribution is -2.23. The second-order valence-corrected chi connectivity index (χ2v) is 6.95. The van der Waals surface area contributed by atoms with Gasteiger partial charge < -0.3 is 25.0 Å². The zero-order valence-corrected chi connectivity index (χ0v) is 18.7. The van der Waals surface area contributed by atoms with Gasteiger partial charge in [0.05, 0.1) is 11.5 Å². The fourth-order valence-electron chi connectivity index (χ4n) is 2.86. The first-order valence-corrected chi connectivity index (χ1v) is 10.2. The highest BCUT2D eigenvalue weighted by atomic mass is 16.6. The molecule has 1 heterocycles. The molecular weight excluding hydrogens is 440 g/mol. The lowest BCUT2D eigenvalue weighted by Gasteiger charge is -2.16. The van der Waals surface area contributed by atoms with E-state index in [1.54, 1.807) is 62.7 Å². The van der Waals surface area contributed by atoms with E-state index in [4.69, 9.17) is 9.47 Å². The summed E-state index contributed by atoms with van der Waals surface area (Å²) in [7, 11) is 3.20. The number of ether oxygens (including phenoxy) is 2. The Morgan fingerprint density at radius 2 is 1.94 bits per heavy atom. The van der Waals surface area contributed by atoms with Gasteiger partial charge >= 0.3 is 5.69 Å². The van der Waals surface area contributed by atoms with E-state index in [-0.39, 0.29) is 23.4 Å². The number of rotatable bonds is 11. The quantitative estimate of drug-likeness (QED) is 0.187. The molecule has 0 aliphatic rings. The average molecular weight is 464 g/mol. The fraction of sp³-hybridized carbons (Fsp3) is 0.174. The van der Waals surface area contributed by atoms with Crippen LogP contribution in [0.2, 0.25) is 0 Å². The van der Waals surface area contributed by atoms with Crippen LogP contribution in [-0.4, -0.2) is 48.2 Å². The number of methoxy groups -OCH3 is 1. The SMILES string of the molecule is C=CC(=O)N(C)c1cccc(Nc2nc(Nc3ccc(OCCOC)cc3)ncc2[N+](=O)[O-])c1. The third kappa shape index (κ3) is 6.26. The molecule has 3 rings (SSSR count). The lowest BCUT2D eigenvalue weighted by atomic mass is 10.2. The van der Waals surface area contributed by atoms with Gasteiger partial charge in [0.2, 0.25) is 17.7 Å². The second kappa shape index (κ2) is 11.4. The van der Waals surface area contributed by atoms with Crippen molar-refractivity contribution >= 4 is 40.4 Å². The van der Waals surface area contributed by atoms with Crippen molar-refractivity contribution in [1.82, 2.24) is 9.97 Å². The number of hydrogen-bond acceptors (Lipinski definition) is 9. The van der Waals surface area contributed by atoms with Gasteiger partial charge in [0.15, 0.2) is 0 Å². The number of carbonyl (C=O) groups is 1. The van der Waals surface area contributed by atoms with Crippen LogP contribution in [0.15, 0.2) is 67.4 Å². The summed E-state index contributed by atoms with van der Waals surface area (Å²) < 4.78 is 10.5. The third-order valence-electron chi connectivity index (χ3n) is 4.63. The Morgan fingerprint density at radius 3 is 2.62 bits per heavy atom. The van der Waals surface area contributed by atoms with E-state index in [1.807, 2.05) is 0 Å². The molecule has 11 heteroatoms. The maximum absolute atomic E-state index is 11.9. The summed E-state index contributed by atoms with van der Waals surface area (Å²) in [6.07, 6.45) is 2.32. The van der Waals surface area contributed by atoms with E-state index in [0.717, 1.165) is 6.20 Å². The molecule has 0 radical (unpaired) electrons. The Hall–Kier alpha value is -4.51. The molecule has 2 N–H and O–H groups in total. The van der Waals surface area contributed by atoms with Crippen molar-refractivity contribution in [2.45, 2.75) is 0 Å². The van der Waals surface area contributed by atoms with Crippen LogP contribution in [0.25, 0.3) is 0 Å². The normalized spacial score (nSPS) is 10.3. The number of nitrogens with zero attached hydrogens (tertiary/aromatic N) is 4. The number of hydrogen-bond donors (Lipinski definition) is 2. The molecule has 0 spiro atoms.